The summed E-state index contributed by atoms with van der Waals surface area (Å²) < 4.78 is 18.6. The maximum absolute atomic E-state index is 6.31. The molecule has 0 aromatic heterocycles. The van der Waals surface area contributed by atoms with Crippen LogP contribution in [0.4, 0.5) is 0 Å². The van der Waals surface area contributed by atoms with E-state index in [-0.39, 0.29) is 18.5 Å². The fourth-order valence-corrected chi connectivity index (χ4v) is 5.30. The van der Waals surface area contributed by atoms with E-state index in [1.807, 2.05) is 6.92 Å². The second-order valence-corrected chi connectivity index (χ2v) is 8.14. The van der Waals surface area contributed by atoms with Gasteiger partial charge in [-0.15, -0.1) is 0 Å². The number of hydrogen-bond acceptors (Lipinski definition) is 5. The minimum Gasteiger partial charge on any atom is -0.352 e. The minimum absolute atomic E-state index is 0.212. The standard InChI is InChI=1S/C18H30O5/c1-5-10-19-15-12(3)14-7-6-11(2)13-8-9-17(4)21-16(20-15)18(13,14)23-22-17/h11-16H,5-10H2,1-4H3/t11-,12-,13+,14+,15+,16-,17+,18-/m1/s1. The zero-order valence-corrected chi connectivity index (χ0v) is 14.7. The van der Waals surface area contributed by atoms with Crippen molar-refractivity contribution in [3.8, 4) is 0 Å². The Hall–Kier alpha value is -0.200. The number of ether oxygens (including phenoxy) is 3. The first-order valence-electron chi connectivity index (χ1n) is 9.32. The zero-order valence-electron chi connectivity index (χ0n) is 14.7. The third-order valence-electron chi connectivity index (χ3n) is 6.58. The van der Waals surface area contributed by atoms with Gasteiger partial charge in [-0.1, -0.05) is 20.8 Å². The van der Waals surface area contributed by atoms with Crippen molar-refractivity contribution in [1.82, 2.24) is 0 Å². The van der Waals surface area contributed by atoms with Crippen molar-refractivity contribution in [3.63, 3.8) is 0 Å². The first-order chi connectivity index (χ1) is 11.0. The quantitative estimate of drug-likeness (QED) is 0.741. The van der Waals surface area contributed by atoms with E-state index >= 15 is 0 Å². The first-order valence-corrected chi connectivity index (χ1v) is 9.32. The van der Waals surface area contributed by atoms with Crippen molar-refractivity contribution in [2.75, 3.05) is 6.61 Å². The van der Waals surface area contributed by atoms with Gasteiger partial charge < -0.3 is 14.2 Å². The number of fused-ring (bicyclic) bond motifs is 2. The molecule has 0 aromatic rings. The van der Waals surface area contributed by atoms with Gasteiger partial charge in [-0.3, -0.25) is 0 Å². The topological polar surface area (TPSA) is 46.2 Å². The maximum Gasteiger partial charge on any atom is 0.201 e. The van der Waals surface area contributed by atoms with Crippen LogP contribution in [0, 0.1) is 23.7 Å². The summed E-state index contributed by atoms with van der Waals surface area (Å²) in [6.45, 7) is 9.36. The Kier molecular flexibility index (Phi) is 4.01. The van der Waals surface area contributed by atoms with Gasteiger partial charge in [0.2, 0.25) is 5.79 Å². The van der Waals surface area contributed by atoms with Gasteiger partial charge in [0.1, 0.15) is 0 Å². The SMILES string of the molecule is CCCO[C@H]1O[C@@H]2O[C@]3(C)CC[C@H]4[C@H](C)CC[C@@H]([C@H]1C)[C@@]24OO3. The fraction of sp³-hybridized carbons (Fsp3) is 1.00. The van der Waals surface area contributed by atoms with Crippen molar-refractivity contribution in [2.24, 2.45) is 23.7 Å². The van der Waals surface area contributed by atoms with E-state index in [4.69, 9.17) is 24.0 Å². The summed E-state index contributed by atoms with van der Waals surface area (Å²) in [4.78, 5) is 11.9. The molecule has 4 aliphatic heterocycles. The highest BCUT2D eigenvalue weighted by Crippen LogP contribution is 2.60. The van der Waals surface area contributed by atoms with Crippen LogP contribution in [0.1, 0.15) is 59.8 Å². The van der Waals surface area contributed by atoms with Crippen molar-refractivity contribution in [1.29, 1.82) is 0 Å². The first kappa shape index (κ1) is 16.3. The largest absolute Gasteiger partial charge is 0.352 e. The molecule has 5 rings (SSSR count). The average molecular weight is 326 g/mol. The Balaban J connectivity index is 1.70. The van der Waals surface area contributed by atoms with Gasteiger partial charge in [-0.2, -0.15) is 0 Å². The smallest absolute Gasteiger partial charge is 0.201 e. The summed E-state index contributed by atoms with van der Waals surface area (Å²) in [5.74, 6) is 0.956. The minimum atomic E-state index is -0.701. The van der Waals surface area contributed by atoms with Crippen LogP contribution < -0.4 is 0 Å². The molecule has 0 aromatic carbocycles. The second kappa shape index (κ2) is 5.67. The molecule has 4 saturated heterocycles. The molecule has 0 unspecified atom stereocenters. The van der Waals surface area contributed by atoms with Gasteiger partial charge >= 0.3 is 0 Å². The molecule has 1 saturated carbocycles. The Labute approximate surface area is 138 Å². The van der Waals surface area contributed by atoms with E-state index in [2.05, 4.69) is 20.8 Å². The van der Waals surface area contributed by atoms with Gasteiger partial charge in [0.25, 0.3) is 0 Å². The molecule has 8 atom stereocenters. The van der Waals surface area contributed by atoms with Crippen LogP contribution in [0.15, 0.2) is 0 Å². The lowest BCUT2D eigenvalue weighted by Crippen LogP contribution is -2.70. The van der Waals surface area contributed by atoms with Crippen LogP contribution in [-0.2, 0) is 24.0 Å². The molecular weight excluding hydrogens is 296 g/mol. The third kappa shape index (κ3) is 2.31. The van der Waals surface area contributed by atoms with Crippen LogP contribution in [0.5, 0.6) is 0 Å². The molecule has 0 amide bonds. The predicted octanol–water partition coefficient (Wildman–Crippen LogP) is 3.62. The molecule has 5 nitrogen and oxygen atoms in total. The van der Waals surface area contributed by atoms with Gasteiger partial charge in [0.15, 0.2) is 18.2 Å². The molecular formula is C18H30O5. The summed E-state index contributed by atoms with van der Waals surface area (Å²) in [6, 6.07) is 0. The van der Waals surface area contributed by atoms with E-state index in [0.717, 1.165) is 32.3 Å². The van der Waals surface area contributed by atoms with Crippen LogP contribution in [0.3, 0.4) is 0 Å². The van der Waals surface area contributed by atoms with Crippen LogP contribution >= 0.6 is 0 Å². The molecule has 0 radical (unpaired) electrons. The molecule has 23 heavy (non-hydrogen) atoms. The Morgan fingerprint density at radius 3 is 2.70 bits per heavy atom. The summed E-state index contributed by atoms with van der Waals surface area (Å²) in [7, 11) is 0. The highest BCUT2D eigenvalue weighted by atomic mass is 17.3. The normalized spacial score (nSPS) is 55.3. The molecule has 132 valence electrons. The van der Waals surface area contributed by atoms with Crippen molar-refractivity contribution >= 4 is 0 Å². The molecule has 1 spiro atoms. The summed E-state index contributed by atoms with van der Waals surface area (Å²) in [5.41, 5.74) is -0.473. The Morgan fingerprint density at radius 2 is 1.91 bits per heavy atom. The van der Waals surface area contributed by atoms with Crippen LogP contribution in [-0.4, -0.2) is 30.6 Å². The van der Waals surface area contributed by atoms with Gasteiger partial charge in [-0.25, -0.2) is 9.78 Å². The predicted molar refractivity (Wildman–Crippen MR) is 83.1 cm³/mol. The average Bonchev–Trinajstić information content (AvgIpc) is 2.76. The van der Waals surface area contributed by atoms with Gasteiger partial charge in [0.05, 0.1) is 0 Å². The highest BCUT2D eigenvalue weighted by Gasteiger charge is 2.69. The van der Waals surface area contributed by atoms with E-state index in [1.54, 1.807) is 0 Å². The molecule has 5 aliphatic rings. The monoisotopic (exact) mass is 326 g/mol. The summed E-state index contributed by atoms with van der Waals surface area (Å²) in [6.07, 6.45) is 4.66. The second-order valence-electron chi connectivity index (χ2n) is 8.14. The fourth-order valence-electron chi connectivity index (χ4n) is 5.30. The van der Waals surface area contributed by atoms with Gasteiger partial charge in [-0.05, 0) is 44.4 Å². The van der Waals surface area contributed by atoms with Crippen molar-refractivity contribution in [3.05, 3.63) is 0 Å². The number of rotatable bonds is 3. The van der Waals surface area contributed by atoms with E-state index in [1.165, 1.54) is 6.42 Å². The molecule has 1 aliphatic carbocycles. The lowest BCUT2D eigenvalue weighted by molar-refractivity contribution is -0.577. The Bertz CT molecular complexity index is 457. The lowest BCUT2D eigenvalue weighted by Gasteiger charge is -2.60. The van der Waals surface area contributed by atoms with Crippen molar-refractivity contribution in [2.45, 2.75) is 83.8 Å². The van der Waals surface area contributed by atoms with Crippen LogP contribution in [0.25, 0.3) is 0 Å². The highest BCUT2D eigenvalue weighted by molar-refractivity contribution is 5.09. The van der Waals surface area contributed by atoms with E-state index < -0.39 is 11.4 Å². The lowest BCUT2D eigenvalue weighted by atomic mass is 9.58. The maximum atomic E-state index is 6.31. The van der Waals surface area contributed by atoms with Crippen molar-refractivity contribution < 1.29 is 24.0 Å². The zero-order chi connectivity index (χ0) is 16.2. The summed E-state index contributed by atoms with van der Waals surface area (Å²) >= 11 is 0. The van der Waals surface area contributed by atoms with Crippen LogP contribution in [0.2, 0.25) is 0 Å². The molecule has 0 N–H and O–H groups in total. The number of hydrogen-bond donors (Lipinski definition) is 0. The molecule has 5 heteroatoms. The Morgan fingerprint density at radius 1 is 1.09 bits per heavy atom. The van der Waals surface area contributed by atoms with Gasteiger partial charge in [0, 0.05) is 24.9 Å². The van der Waals surface area contributed by atoms with E-state index in [0.29, 0.717) is 17.8 Å². The molecule has 5 fully saturated rings. The molecule has 2 bridgehead atoms. The van der Waals surface area contributed by atoms with E-state index in [9.17, 15) is 0 Å². The summed E-state index contributed by atoms with van der Waals surface area (Å²) in [5, 5.41) is 0. The third-order valence-corrected chi connectivity index (χ3v) is 6.58. The molecule has 4 heterocycles.